The number of benzene rings is 2. The van der Waals surface area contributed by atoms with E-state index in [0.717, 1.165) is 22.3 Å². The lowest BCUT2D eigenvalue weighted by molar-refractivity contribution is -0.147. The molecule has 0 radical (unpaired) electrons. The van der Waals surface area contributed by atoms with Crippen LogP contribution in [0.1, 0.15) is 29.9 Å². The van der Waals surface area contributed by atoms with Gasteiger partial charge in [-0.1, -0.05) is 54.6 Å². The molecule has 0 bridgehead atoms. The van der Waals surface area contributed by atoms with Gasteiger partial charge in [-0.3, -0.25) is 9.59 Å². The largest absolute Gasteiger partial charge is 0.481 e. The van der Waals surface area contributed by atoms with Crippen LogP contribution in [-0.2, 0) is 19.1 Å². The molecule has 2 aromatic rings. The Kier molecular flexibility index (Phi) is 7.27. The van der Waals surface area contributed by atoms with Crippen molar-refractivity contribution in [1.82, 2.24) is 10.2 Å². The van der Waals surface area contributed by atoms with Crippen LogP contribution in [0.25, 0.3) is 11.1 Å². The zero-order chi connectivity index (χ0) is 24.1. The average Bonchev–Trinajstić information content (AvgIpc) is 3.16. The van der Waals surface area contributed by atoms with Crippen molar-refractivity contribution in [2.45, 2.75) is 30.8 Å². The predicted molar refractivity (Wildman–Crippen MR) is 125 cm³/mol. The highest BCUT2D eigenvalue weighted by atomic mass is 16.5. The number of alkyl carbamates (subject to hydrolysis) is 1. The minimum absolute atomic E-state index is 0.0918. The molecule has 2 aliphatic rings. The van der Waals surface area contributed by atoms with Gasteiger partial charge in [0, 0.05) is 12.5 Å². The topological polar surface area (TPSA) is 105 Å². The van der Waals surface area contributed by atoms with E-state index in [9.17, 15) is 14.4 Å². The van der Waals surface area contributed by atoms with Crippen molar-refractivity contribution in [3.05, 3.63) is 72.3 Å². The number of hydrogen-bond acceptors (Lipinski definition) is 5. The van der Waals surface area contributed by atoms with E-state index in [0.29, 0.717) is 6.61 Å². The first kappa shape index (κ1) is 23.5. The number of carboxylic acids is 1. The van der Waals surface area contributed by atoms with E-state index in [2.05, 4.69) is 24.0 Å². The van der Waals surface area contributed by atoms with Crippen molar-refractivity contribution in [2.24, 2.45) is 0 Å². The van der Waals surface area contributed by atoms with Gasteiger partial charge in [-0.2, -0.15) is 0 Å². The summed E-state index contributed by atoms with van der Waals surface area (Å²) < 4.78 is 10.9. The normalized spacial score (nSPS) is 17.9. The molecule has 34 heavy (non-hydrogen) atoms. The molecular formula is C26H28N2O6. The number of ether oxygens (including phenoxy) is 2. The molecule has 2 amide bonds. The summed E-state index contributed by atoms with van der Waals surface area (Å²) in [5.41, 5.74) is 4.45. The van der Waals surface area contributed by atoms with Gasteiger partial charge in [-0.05, 0) is 28.7 Å². The maximum absolute atomic E-state index is 13.2. The molecule has 0 spiro atoms. The van der Waals surface area contributed by atoms with Crippen LogP contribution in [0.3, 0.4) is 0 Å². The second-order valence-corrected chi connectivity index (χ2v) is 8.41. The van der Waals surface area contributed by atoms with E-state index in [4.69, 9.17) is 14.6 Å². The van der Waals surface area contributed by atoms with Crippen LogP contribution >= 0.6 is 0 Å². The number of nitrogens with one attached hydrogen (secondary N) is 1. The molecule has 4 rings (SSSR count). The van der Waals surface area contributed by atoms with Gasteiger partial charge in [-0.25, -0.2) is 4.79 Å². The number of aliphatic carboxylic acids is 1. The Labute approximate surface area is 198 Å². The van der Waals surface area contributed by atoms with Gasteiger partial charge in [0.1, 0.15) is 12.6 Å². The van der Waals surface area contributed by atoms with E-state index >= 15 is 0 Å². The van der Waals surface area contributed by atoms with Crippen LogP contribution in [-0.4, -0.2) is 66.4 Å². The monoisotopic (exact) mass is 464 g/mol. The van der Waals surface area contributed by atoms with Crippen molar-refractivity contribution < 1.29 is 29.0 Å². The van der Waals surface area contributed by atoms with E-state index in [1.54, 1.807) is 6.08 Å². The van der Waals surface area contributed by atoms with Gasteiger partial charge < -0.3 is 24.8 Å². The summed E-state index contributed by atoms with van der Waals surface area (Å²) in [6.45, 7) is 4.53. The third kappa shape index (κ3) is 4.97. The molecule has 0 saturated carbocycles. The Morgan fingerprint density at radius 2 is 1.79 bits per heavy atom. The van der Waals surface area contributed by atoms with Gasteiger partial charge >= 0.3 is 12.1 Å². The first-order chi connectivity index (χ1) is 16.5. The molecule has 1 fully saturated rings. The molecule has 8 heteroatoms. The second-order valence-electron chi connectivity index (χ2n) is 8.41. The fourth-order valence-electron chi connectivity index (χ4n) is 4.69. The molecule has 2 N–H and O–H groups in total. The second kappa shape index (κ2) is 10.5. The summed E-state index contributed by atoms with van der Waals surface area (Å²) in [6.07, 6.45) is 0.807. The maximum atomic E-state index is 13.2. The number of carbonyl (C=O) groups is 3. The van der Waals surface area contributed by atoms with Crippen LogP contribution in [0.4, 0.5) is 4.79 Å². The highest BCUT2D eigenvalue weighted by Crippen LogP contribution is 2.44. The molecule has 1 aliphatic carbocycles. The maximum Gasteiger partial charge on any atom is 0.407 e. The molecule has 8 nitrogen and oxygen atoms in total. The number of nitrogens with zero attached hydrogens (tertiary/aromatic N) is 1. The molecule has 0 aromatic heterocycles. The minimum Gasteiger partial charge on any atom is -0.481 e. The van der Waals surface area contributed by atoms with Gasteiger partial charge in [0.2, 0.25) is 5.91 Å². The van der Waals surface area contributed by atoms with E-state index in [1.165, 1.54) is 4.90 Å². The summed E-state index contributed by atoms with van der Waals surface area (Å²) in [6, 6.07) is 14.6. The molecule has 1 aliphatic heterocycles. The van der Waals surface area contributed by atoms with Gasteiger partial charge in [0.05, 0.1) is 25.7 Å². The molecule has 2 atom stereocenters. The zero-order valence-corrected chi connectivity index (χ0v) is 18.8. The number of morpholine rings is 1. The summed E-state index contributed by atoms with van der Waals surface area (Å²) in [5, 5.41) is 11.8. The number of carbonyl (C=O) groups excluding carboxylic acids is 2. The van der Waals surface area contributed by atoms with Crippen molar-refractivity contribution in [3.63, 3.8) is 0 Å². The lowest BCUT2D eigenvalue weighted by atomic mass is 9.98. The number of hydrogen-bond donors (Lipinski definition) is 2. The summed E-state index contributed by atoms with van der Waals surface area (Å²) >= 11 is 0. The van der Waals surface area contributed by atoms with Crippen LogP contribution < -0.4 is 5.32 Å². The fourth-order valence-corrected chi connectivity index (χ4v) is 4.69. The third-order valence-electron chi connectivity index (χ3n) is 6.26. The quantitative estimate of drug-likeness (QED) is 0.582. The first-order valence-corrected chi connectivity index (χ1v) is 11.3. The molecule has 1 heterocycles. The molecule has 2 unspecified atom stereocenters. The lowest BCUT2D eigenvalue weighted by Gasteiger charge is -2.37. The van der Waals surface area contributed by atoms with E-state index in [1.807, 2.05) is 36.4 Å². The molecular weight excluding hydrogens is 436 g/mol. The van der Waals surface area contributed by atoms with Gasteiger partial charge in [0.25, 0.3) is 0 Å². The van der Waals surface area contributed by atoms with Crippen LogP contribution in [0, 0.1) is 0 Å². The minimum atomic E-state index is -1.02. The zero-order valence-electron chi connectivity index (χ0n) is 18.8. The van der Waals surface area contributed by atoms with Crippen LogP contribution in [0.5, 0.6) is 0 Å². The Morgan fingerprint density at radius 1 is 1.15 bits per heavy atom. The summed E-state index contributed by atoms with van der Waals surface area (Å²) in [7, 11) is 0. The van der Waals surface area contributed by atoms with Crippen LogP contribution in [0.2, 0.25) is 0 Å². The highest BCUT2D eigenvalue weighted by molar-refractivity contribution is 5.87. The smallest absolute Gasteiger partial charge is 0.407 e. The molecule has 178 valence electrons. The average molecular weight is 465 g/mol. The Morgan fingerprint density at radius 3 is 2.41 bits per heavy atom. The number of amides is 2. The number of fused-ring (bicyclic) bond motifs is 3. The lowest BCUT2D eigenvalue weighted by Crippen LogP contribution is -2.56. The van der Waals surface area contributed by atoms with Crippen molar-refractivity contribution in [1.29, 1.82) is 0 Å². The van der Waals surface area contributed by atoms with Crippen molar-refractivity contribution >= 4 is 18.0 Å². The fraction of sp³-hybridized carbons (Fsp3) is 0.346. The van der Waals surface area contributed by atoms with E-state index < -0.39 is 24.1 Å². The Balaban J connectivity index is 1.42. The van der Waals surface area contributed by atoms with Crippen molar-refractivity contribution in [3.8, 4) is 11.1 Å². The van der Waals surface area contributed by atoms with Gasteiger partial charge in [-0.15, -0.1) is 6.58 Å². The van der Waals surface area contributed by atoms with E-state index in [-0.39, 0.29) is 44.4 Å². The number of rotatable bonds is 8. The van der Waals surface area contributed by atoms with Crippen molar-refractivity contribution in [2.75, 3.05) is 26.4 Å². The predicted octanol–water partition coefficient (Wildman–Crippen LogP) is 3.17. The highest BCUT2D eigenvalue weighted by Gasteiger charge is 2.34. The SMILES string of the molecule is C=CCC(NC(=O)OCC1c2ccccc2-c2ccccc21)C(=O)N1CCOCC1CC(=O)O. The Hall–Kier alpha value is -3.65. The molecule has 1 saturated heterocycles. The summed E-state index contributed by atoms with van der Waals surface area (Å²) in [4.78, 5) is 38.5. The van der Waals surface area contributed by atoms with Gasteiger partial charge in [0.15, 0.2) is 0 Å². The summed E-state index contributed by atoms with van der Waals surface area (Å²) in [5.74, 6) is -1.48. The standard InChI is InChI=1S/C26H28N2O6/c1-2-7-23(25(31)28-12-13-33-15-17(28)14-24(29)30)27-26(32)34-16-22-20-10-5-3-8-18(20)19-9-4-6-11-21(19)22/h2-6,8-11,17,22-23H,1,7,12-16H2,(H,27,32)(H,29,30). The molecule has 2 aromatic carbocycles. The van der Waals surface area contributed by atoms with Crippen LogP contribution in [0.15, 0.2) is 61.2 Å². The first-order valence-electron chi connectivity index (χ1n) is 11.3. The Bertz CT molecular complexity index is 1040. The number of carboxylic acid groups (broad SMARTS) is 1. The third-order valence-corrected chi connectivity index (χ3v) is 6.26.